The van der Waals surface area contributed by atoms with Crippen LogP contribution in [0, 0.1) is 0 Å². The Balaban J connectivity index is 1.79. The van der Waals surface area contributed by atoms with Gasteiger partial charge in [0.2, 0.25) is 0 Å². The van der Waals surface area contributed by atoms with E-state index in [-0.39, 0.29) is 11.6 Å². The van der Waals surface area contributed by atoms with Crippen LogP contribution in [0.4, 0.5) is 4.79 Å². The molecule has 2 aliphatic heterocycles. The molecule has 0 aliphatic carbocycles. The molecule has 1 amide bonds. The van der Waals surface area contributed by atoms with Crippen LogP contribution in [-0.2, 0) is 0 Å². The molecule has 2 fully saturated rings. The number of rotatable bonds is 0. The summed E-state index contributed by atoms with van der Waals surface area (Å²) in [6.45, 7) is 2.89. The Bertz CT molecular complexity index is 403. The van der Waals surface area contributed by atoms with Crippen LogP contribution < -0.4 is 0 Å². The van der Waals surface area contributed by atoms with Gasteiger partial charge in [-0.05, 0) is 19.9 Å². The van der Waals surface area contributed by atoms with Crippen molar-refractivity contribution in [1.29, 1.82) is 0 Å². The third-order valence-corrected chi connectivity index (χ3v) is 3.74. The van der Waals surface area contributed by atoms with E-state index in [0.717, 1.165) is 32.5 Å². The zero-order valence-electron chi connectivity index (χ0n) is 9.33. The van der Waals surface area contributed by atoms with Gasteiger partial charge in [-0.15, -0.1) is 0 Å². The first-order valence-corrected chi connectivity index (χ1v) is 5.56. The standard InChI is InChI=1S/C10H15N5O/c1-13-4-2-10(6-13)3-5-14(10)9(16)15-8-11-7-12-15/h7-8H,2-6H2,1H3. The molecule has 3 rings (SSSR count). The van der Waals surface area contributed by atoms with E-state index in [0.29, 0.717) is 0 Å². The lowest BCUT2D eigenvalue weighted by molar-refractivity contribution is 0.0318. The van der Waals surface area contributed by atoms with Crippen LogP contribution in [0.25, 0.3) is 0 Å². The SMILES string of the molecule is CN1CCC2(CCN2C(=O)n2cncn2)C1. The molecule has 0 N–H and O–H groups in total. The quantitative estimate of drug-likeness (QED) is 0.620. The van der Waals surface area contributed by atoms with E-state index in [9.17, 15) is 4.79 Å². The Morgan fingerprint density at radius 1 is 1.38 bits per heavy atom. The minimum atomic E-state index is -0.0425. The molecule has 2 aliphatic rings. The van der Waals surface area contributed by atoms with E-state index in [1.54, 1.807) is 0 Å². The maximum atomic E-state index is 12.1. The molecule has 1 aromatic rings. The molecule has 0 aromatic carbocycles. The van der Waals surface area contributed by atoms with E-state index in [2.05, 4.69) is 22.0 Å². The number of carbonyl (C=O) groups is 1. The Morgan fingerprint density at radius 2 is 2.19 bits per heavy atom. The number of amides is 1. The van der Waals surface area contributed by atoms with Crippen LogP contribution in [0.2, 0.25) is 0 Å². The number of aromatic nitrogens is 3. The van der Waals surface area contributed by atoms with E-state index in [1.165, 1.54) is 17.3 Å². The topological polar surface area (TPSA) is 54.3 Å². The van der Waals surface area contributed by atoms with E-state index in [1.807, 2.05) is 4.90 Å². The smallest absolute Gasteiger partial charge is 0.316 e. The third-order valence-electron chi connectivity index (χ3n) is 3.74. The first kappa shape index (κ1) is 9.77. The van der Waals surface area contributed by atoms with Gasteiger partial charge in [0.1, 0.15) is 12.7 Å². The molecule has 16 heavy (non-hydrogen) atoms. The first-order chi connectivity index (χ1) is 7.71. The van der Waals surface area contributed by atoms with Crippen molar-refractivity contribution < 1.29 is 4.79 Å². The molecule has 86 valence electrons. The fourth-order valence-electron chi connectivity index (χ4n) is 2.75. The van der Waals surface area contributed by atoms with Crippen molar-refractivity contribution in [1.82, 2.24) is 24.6 Å². The monoisotopic (exact) mass is 221 g/mol. The molecule has 2 saturated heterocycles. The second-order valence-corrected chi connectivity index (χ2v) is 4.74. The number of likely N-dealkylation sites (tertiary alicyclic amines) is 2. The number of hydrogen-bond donors (Lipinski definition) is 0. The lowest BCUT2D eigenvalue weighted by atomic mass is 9.84. The second kappa shape index (κ2) is 3.28. The van der Waals surface area contributed by atoms with Crippen LogP contribution >= 0.6 is 0 Å². The van der Waals surface area contributed by atoms with Crippen molar-refractivity contribution in [3.63, 3.8) is 0 Å². The summed E-state index contributed by atoms with van der Waals surface area (Å²) in [4.78, 5) is 20.1. The van der Waals surface area contributed by atoms with Crippen molar-refractivity contribution in [3.8, 4) is 0 Å². The van der Waals surface area contributed by atoms with Crippen LogP contribution in [0.15, 0.2) is 12.7 Å². The average Bonchev–Trinajstić information content (AvgIpc) is 2.85. The van der Waals surface area contributed by atoms with Gasteiger partial charge < -0.3 is 9.80 Å². The Hall–Kier alpha value is -1.43. The molecule has 6 heteroatoms. The van der Waals surface area contributed by atoms with Gasteiger partial charge in [0.05, 0.1) is 5.54 Å². The molecule has 6 nitrogen and oxygen atoms in total. The zero-order valence-corrected chi connectivity index (χ0v) is 9.33. The highest BCUT2D eigenvalue weighted by atomic mass is 16.2. The highest BCUT2D eigenvalue weighted by Gasteiger charge is 2.51. The van der Waals surface area contributed by atoms with Crippen molar-refractivity contribution in [2.75, 3.05) is 26.7 Å². The number of carbonyl (C=O) groups excluding carboxylic acids is 1. The molecular weight excluding hydrogens is 206 g/mol. The average molecular weight is 221 g/mol. The van der Waals surface area contributed by atoms with Crippen molar-refractivity contribution in [2.45, 2.75) is 18.4 Å². The van der Waals surface area contributed by atoms with Crippen LogP contribution in [-0.4, -0.2) is 62.8 Å². The number of likely N-dealkylation sites (N-methyl/N-ethyl adjacent to an activating group) is 1. The predicted octanol–water partition coefficient (Wildman–Crippen LogP) is 0.0262. The van der Waals surface area contributed by atoms with Gasteiger partial charge >= 0.3 is 6.03 Å². The fraction of sp³-hybridized carbons (Fsp3) is 0.700. The number of hydrogen-bond acceptors (Lipinski definition) is 4. The zero-order chi connectivity index (χ0) is 11.2. The normalized spacial score (nSPS) is 29.7. The molecule has 1 aromatic heterocycles. The highest BCUT2D eigenvalue weighted by molar-refractivity contribution is 5.77. The van der Waals surface area contributed by atoms with Gasteiger partial charge in [-0.2, -0.15) is 9.78 Å². The second-order valence-electron chi connectivity index (χ2n) is 4.74. The van der Waals surface area contributed by atoms with Crippen molar-refractivity contribution in [3.05, 3.63) is 12.7 Å². The molecule has 3 heterocycles. The van der Waals surface area contributed by atoms with Crippen LogP contribution in [0.3, 0.4) is 0 Å². The summed E-state index contributed by atoms with van der Waals surface area (Å²) >= 11 is 0. The molecular formula is C10H15N5O. The largest absolute Gasteiger partial charge is 0.346 e. The minimum absolute atomic E-state index is 0.0425. The lowest BCUT2D eigenvalue weighted by Crippen LogP contribution is -2.64. The van der Waals surface area contributed by atoms with Crippen molar-refractivity contribution in [2.24, 2.45) is 0 Å². The molecule has 1 unspecified atom stereocenters. The van der Waals surface area contributed by atoms with Gasteiger partial charge in [-0.1, -0.05) is 0 Å². The van der Waals surface area contributed by atoms with Crippen LogP contribution in [0.1, 0.15) is 12.8 Å². The fourth-order valence-corrected chi connectivity index (χ4v) is 2.75. The predicted molar refractivity (Wildman–Crippen MR) is 57.0 cm³/mol. The molecule has 1 spiro atoms. The van der Waals surface area contributed by atoms with Gasteiger partial charge in [0, 0.05) is 19.6 Å². The number of nitrogens with zero attached hydrogens (tertiary/aromatic N) is 5. The van der Waals surface area contributed by atoms with Crippen LogP contribution in [0.5, 0.6) is 0 Å². The summed E-state index contributed by atoms with van der Waals surface area (Å²) < 4.78 is 1.32. The van der Waals surface area contributed by atoms with E-state index in [4.69, 9.17) is 0 Å². The Morgan fingerprint density at radius 3 is 2.69 bits per heavy atom. The molecule has 0 bridgehead atoms. The molecule has 0 saturated carbocycles. The first-order valence-electron chi connectivity index (χ1n) is 5.56. The summed E-state index contributed by atoms with van der Waals surface area (Å²) in [5, 5.41) is 3.89. The Kier molecular flexibility index (Phi) is 2.00. The molecule has 0 radical (unpaired) electrons. The third kappa shape index (κ3) is 1.26. The van der Waals surface area contributed by atoms with Gasteiger partial charge in [-0.3, -0.25) is 0 Å². The van der Waals surface area contributed by atoms with Gasteiger partial charge in [-0.25, -0.2) is 9.78 Å². The summed E-state index contributed by atoms with van der Waals surface area (Å²) in [5.74, 6) is 0. The van der Waals surface area contributed by atoms with E-state index < -0.39 is 0 Å². The van der Waals surface area contributed by atoms with E-state index >= 15 is 0 Å². The Labute approximate surface area is 93.8 Å². The summed E-state index contributed by atoms with van der Waals surface area (Å²) in [6, 6.07) is -0.0425. The molecule has 1 atom stereocenters. The summed E-state index contributed by atoms with van der Waals surface area (Å²) in [5.41, 5.74) is 0.0672. The van der Waals surface area contributed by atoms with Crippen molar-refractivity contribution >= 4 is 6.03 Å². The lowest BCUT2D eigenvalue weighted by Gasteiger charge is -2.50. The van der Waals surface area contributed by atoms with Gasteiger partial charge in [0.25, 0.3) is 0 Å². The maximum absolute atomic E-state index is 12.1. The minimum Gasteiger partial charge on any atom is -0.316 e. The summed E-state index contributed by atoms with van der Waals surface area (Å²) in [6.07, 6.45) is 5.04. The highest BCUT2D eigenvalue weighted by Crippen LogP contribution is 2.38. The van der Waals surface area contributed by atoms with Gasteiger partial charge in [0.15, 0.2) is 0 Å². The summed E-state index contributed by atoms with van der Waals surface area (Å²) in [7, 11) is 2.10. The maximum Gasteiger partial charge on any atom is 0.346 e.